The Morgan fingerprint density at radius 2 is 1.85 bits per heavy atom. The molecule has 0 aliphatic rings. The van der Waals surface area contributed by atoms with Gasteiger partial charge in [0.15, 0.2) is 0 Å². The molecule has 0 saturated heterocycles. The first-order valence-corrected chi connectivity index (χ1v) is 6.80. The van der Waals surface area contributed by atoms with Crippen LogP contribution in [-0.2, 0) is 6.42 Å². The number of phenols is 1. The van der Waals surface area contributed by atoms with Gasteiger partial charge in [-0.25, -0.2) is 4.39 Å². The summed E-state index contributed by atoms with van der Waals surface area (Å²) in [6, 6.07) is 14.6. The van der Waals surface area contributed by atoms with Gasteiger partial charge in [-0.2, -0.15) is 0 Å². The Labute approximate surface area is 119 Å². The summed E-state index contributed by atoms with van der Waals surface area (Å²) in [7, 11) is 1.99. The summed E-state index contributed by atoms with van der Waals surface area (Å²) in [6.07, 6.45) is 0.932. The van der Waals surface area contributed by atoms with E-state index in [0.29, 0.717) is 5.56 Å². The van der Waals surface area contributed by atoms with Crippen molar-refractivity contribution in [2.45, 2.75) is 19.4 Å². The SMILES string of the molecule is CC(c1ccc(O)cc1F)N(C)CCc1ccccc1. The number of nitrogens with zero attached hydrogens (tertiary/aromatic N) is 1. The van der Waals surface area contributed by atoms with Gasteiger partial charge in [0, 0.05) is 24.2 Å². The van der Waals surface area contributed by atoms with Crippen LogP contribution in [0.3, 0.4) is 0 Å². The maximum atomic E-state index is 13.8. The Kier molecular flexibility index (Phi) is 4.74. The van der Waals surface area contributed by atoms with E-state index >= 15 is 0 Å². The predicted octanol–water partition coefficient (Wildman–Crippen LogP) is 3.77. The molecule has 0 amide bonds. The van der Waals surface area contributed by atoms with Crippen LogP contribution in [0.4, 0.5) is 4.39 Å². The smallest absolute Gasteiger partial charge is 0.131 e. The van der Waals surface area contributed by atoms with Crippen molar-refractivity contribution in [1.82, 2.24) is 4.90 Å². The van der Waals surface area contributed by atoms with Gasteiger partial charge in [0.05, 0.1) is 0 Å². The molecule has 3 heteroatoms. The highest BCUT2D eigenvalue weighted by Crippen LogP contribution is 2.24. The molecular weight excluding hydrogens is 253 g/mol. The van der Waals surface area contributed by atoms with Gasteiger partial charge in [0.1, 0.15) is 11.6 Å². The third kappa shape index (κ3) is 3.58. The number of rotatable bonds is 5. The minimum Gasteiger partial charge on any atom is -0.508 e. The minimum absolute atomic E-state index is 0.0284. The quantitative estimate of drug-likeness (QED) is 0.896. The van der Waals surface area contributed by atoms with Gasteiger partial charge in [-0.3, -0.25) is 4.90 Å². The van der Waals surface area contributed by atoms with Crippen LogP contribution in [0.5, 0.6) is 5.75 Å². The molecule has 1 atom stereocenters. The van der Waals surface area contributed by atoms with Crippen LogP contribution in [0.15, 0.2) is 48.5 Å². The molecule has 0 bridgehead atoms. The summed E-state index contributed by atoms with van der Waals surface area (Å²) in [5, 5.41) is 9.26. The molecule has 0 heterocycles. The van der Waals surface area contributed by atoms with Gasteiger partial charge in [0.25, 0.3) is 0 Å². The number of phenolic OH excluding ortho intramolecular Hbond substituents is 1. The van der Waals surface area contributed by atoms with E-state index in [1.807, 2.05) is 32.2 Å². The molecule has 0 radical (unpaired) electrons. The first-order valence-electron chi connectivity index (χ1n) is 6.80. The maximum absolute atomic E-state index is 13.8. The van der Waals surface area contributed by atoms with E-state index in [9.17, 15) is 9.50 Å². The van der Waals surface area contributed by atoms with Crippen molar-refractivity contribution in [3.8, 4) is 5.75 Å². The number of aromatic hydroxyl groups is 1. The van der Waals surface area contributed by atoms with Gasteiger partial charge in [0.2, 0.25) is 0 Å². The molecule has 0 spiro atoms. The Morgan fingerprint density at radius 1 is 1.15 bits per heavy atom. The van der Waals surface area contributed by atoms with Crippen molar-refractivity contribution >= 4 is 0 Å². The standard InChI is InChI=1S/C17H20FNO/c1-13(16-9-8-15(20)12-17(16)18)19(2)11-10-14-6-4-3-5-7-14/h3-9,12-13,20H,10-11H2,1-2H3. The average molecular weight is 273 g/mol. The highest BCUT2D eigenvalue weighted by atomic mass is 19.1. The Morgan fingerprint density at radius 3 is 2.50 bits per heavy atom. The molecule has 0 aliphatic carbocycles. The third-order valence-corrected chi connectivity index (χ3v) is 3.69. The van der Waals surface area contributed by atoms with Crippen LogP contribution in [0.2, 0.25) is 0 Å². The van der Waals surface area contributed by atoms with Gasteiger partial charge >= 0.3 is 0 Å². The number of hydrogen-bond donors (Lipinski definition) is 1. The normalized spacial score (nSPS) is 12.6. The molecule has 0 aromatic heterocycles. The van der Waals surface area contributed by atoms with E-state index in [4.69, 9.17) is 0 Å². The molecular formula is C17H20FNO. The van der Waals surface area contributed by atoms with E-state index in [1.54, 1.807) is 6.07 Å². The van der Waals surface area contributed by atoms with Gasteiger partial charge in [-0.15, -0.1) is 0 Å². The zero-order valence-corrected chi connectivity index (χ0v) is 11.9. The van der Waals surface area contributed by atoms with Crippen LogP contribution in [0.1, 0.15) is 24.1 Å². The Bertz CT molecular complexity index is 556. The number of halogens is 1. The molecule has 0 aliphatic heterocycles. The molecule has 1 unspecified atom stereocenters. The lowest BCUT2D eigenvalue weighted by atomic mass is 10.1. The highest BCUT2D eigenvalue weighted by Gasteiger charge is 2.15. The minimum atomic E-state index is -0.357. The highest BCUT2D eigenvalue weighted by molar-refractivity contribution is 5.29. The van der Waals surface area contributed by atoms with E-state index in [0.717, 1.165) is 19.0 Å². The molecule has 0 saturated carbocycles. The molecule has 106 valence electrons. The van der Waals surface area contributed by atoms with Crippen molar-refractivity contribution in [2.75, 3.05) is 13.6 Å². The van der Waals surface area contributed by atoms with E-state index < -0.39 is 0 Å². The molecule has 2 nitrogen and oxygen atoms in total. The lowest BCUT2D eigenvalue weighted by molar-refractivity contribution is 0.259. The second kappa shape index (κ2) is 6.53. The van der Waals surface area contributed by atoms with Crippen molar-refractivity contribution in [3.05, 3.63) is 65.5 Å². The largest absolute Gasteiger partial charge is 0.508 e. The van der Waals surface area contributed by atoms with Crippen LogP contribution in [-0.4, -0.2) is 23.6 Å². The summed E-state index contributed by atoms with van der Waals surface area (Å²) in [4.78, 5) is 2.11. The first-order chi connectivity index (χ1) is 9.58. The molecule has 20 heavy (non-hydrogen) atoms. The van der Waals surface area contributed by atoms with Gasteiger partial charge in [-0.1, -0.05) is 36.4 Å². The lowest BCUT2D eigenvalue weighted by Gasteiger charge is -2.25. The summed E-state index contributed by atoms with van der Waals surface area (Å²) in [5.41, 5.74) is 1.89. The van der Waals surface area contributed by atoms with Gasteiger partial charge < -0.3 is 5.11 Å². The van der Waals surface area contributed by atoms with E-state index in [1.165, 1.54) is 11.6 Å². The zero-order valence-electron chi connectivity index (χ0n) is 11.9. The summed E-state index contributed by atoms with van der Waals surface area (Å²) >= 11 is 0. The maximum Gasteiger partial charge on any atom is 0.131 e. The second-order valence-corrected chi connectivity index (χ2v) is 5.10. The third-order valence-electron chi connectivity index (χ3n) is 3.69. The topological polar surface area (TPSA) is 23.5 Å². The fourth-order valence-corrected chi connectivity index (χ4v) is 2.24. The first kappa shape index (κ1) is 14.5. The summed E-state index contributed by atoms with van der Waals surface area (Å²) in [6.45, 7) is 2.83. The number of likely N-dealkylation sites (N-methyl/N-ethyl adjacent to an activating group) is 1. The molecule has 2 rings (SSSR count). The fraction of sp³-hybridized carbons (Fsp3) is 0.294. The molecule has 2 aromatic carbocycles. The van der Waals surface area contributed by atoms with Crippen LogP contribution >= 0.6 is 0 Å². The number of hydrogen-bond acceptors (Lipinski definition) is 2. The van der Waals surface area contributed by atoms with Crippen LogP contribution in [0, 0.1) is 5.82 Å². The summed E-state index contributed by atoms with van der Waals surface area (Å²) < 4.78 is 13.8. The zero-order chi connectivity index (χ0) is 14.5. The van der Waals surface area contributed by atoms with Crippen molar-refractivity contribution in [3.63, 3.8) is 0 Å². The monoisotopic (exact) mass is 273 g/mol. The van der Waals surface area contributed by atoms with Crippen LogP contribution in [0.25, 0.3) is 0 Å². The predicted molar refractivity (Wildman–Crippen MR) is 79.3 cm³/mol. The lowest BCUT2D eigenvalue weighted by Crippen LogP contribution is -2.25. The Balaban J connectivity index is 1.99. The van der Waals surface area contributed by atoms with Gasteiger partial charge in [-0.05, 0) is 32.0 Å². The Hall–Kier alpha value is -1.87. The van der Waals surface area contributed by atoms with Crippen molar-refractivity contribution in [1.29, 1.82) is 0 Å². The van der Waals surface area contributed by atoms with Crippen LogP contribution < -0.4 is 0 Å². The molecule has 0 fully saturated rings. The number of benzene rings is 2. The van der Waals surface area contributed by atoms with E-state index in [-0.39, 0.29) is 17.6 Å². The molecule has 2 aromatic rings. The van der Waals surface area contributed by atoms with E-state index in [2.05, 4.69) is 17.0 Å². The molecule has 1 N–H and O–H groups in total. The van der Waals surface area contributed by atoms with Crippen molar-refractivity contribution in [2.24, 2.45) is 0 Å². The van der Waals surface area contributed by atoms with Crippen molar-refractivity contribution < 1.29 is 9.50 Å². The fourth-order valence-electron chi connectivity index (χ4n) is 2.24. The second-order valence-electron chi connectivity index (χ2n) is 5.10. The average Bonchev–Trinajstić information content (AvgIpc) is 2.45. The summed E-state index contributed by atoms with van der Waals surface area (Å²) in [5.74, 6) is -0.394.